The molecule has 0 radical (unpaired) electrons. The summed E-state index contributed by atoms with van der Waals surface area (Å²) in [5.41, 5.74) is 5.45. The van der Waals surface area contributed by atoms with Crippen LogP contribution in [0.15, 0.2) is 12.3 Å². The number of nitrogens with zero attached hydrogens (tertiary/aromatic N) is 1. The van der Waals surface area contributed by atoms with Crippen LogP contribution in [0, 0.1) is 0 Å². The molecule has 4 N–H and O–H groups in total. The fourth-order valence-corrected chi connectivity index (χ4v) is 1.64. The van der Waals surface area contributed by atoms with Gasteiger partial charge in [0.2, 0.25) is 0 Å². The third-order valence-corrected chi connectivity index (χ3v) is 3.04. The molecule has 0 bridgehead atoms. The van der Waals surface area contributed by atoms with Gasteiger partial charge >= 0.3 is 5.97 Å². The van der Waals surface area contributed by atoms with E-state index in [1.165, 1.54) is 12.3 Å². The molecule has 0 aliphatic heterocycles. The molecule has 1 atom stereocenters. The first kappa shape index (κ1) is 15.7. The number of aliphatic carboxylic acids is 1. The van der Waals surface area contributed by atoms with Gasteiger partial charge in [0.05, 0.1) is 10.6 Å². The molecule has 104 valence electrons. The van der Waals surface area contributed by atoms with Crippen LogP contribution in [0.5, 0.6) is 0 Å². The Kier molecular flexibility index (Phi) is 6.01. The number of hydrogen-bond acceptors (Lipinski definition) is 4. The average Bonchev–Trinajstić information content (AvgIpc) is 2.37. The van der Waals surface area contributed by atoms with Gasteiger partial charge in [-0.2, -0.15) is 0 Å². The van der Waals surface area contributed by atoms with Crippen LogP contribution in [0.4, 0.5) is 0 Å². The lowest BCUT2D eigenvalue weighted by Crippen LogP contribution is -2.41. The Labute approximate surface area is 119 Å². The minimum Gasteiger partial charge on any atom is -0.480 e. The summed E-state index contributed by atoms with van der Waals surface area (Å²) in [7, 11) is 0. The van der Waals surface area contributed by atoms with E-state index in [9.17, 15) is 9.59 Å². The number of halogens is 2. The van der Waals surface area contributed by atoms with Crippen molar-refractivity contribution < 1.29 is 14.7 Å². The highest BCUT2D eigenvalue weighted by molar-refractivity contribution is 6.41. The molecule has 0 fully saturated rings. The van der Waals surface area contributed by atoms with Gasteiger partial charge in [0.15, 0.2) is 0 Å². The molecule has 1 heterocycles. The number of pyridine rings is 1. The summed E-state index contributed by atoms with van der Waals surface area (Å²) in [4.78, 5) is 26.5. The number of carbonyl (C=O) groups excluding carboxylic acids is 1. The van der Waals surface area contributed by atoms with Gasteiger partial charge in [-0.15, -0.1) is 0 Å². The molecule has 6 nitrogen and oxygen atoms in total. The number of rotatable bonds is 6. The van der Waals surface area contributed by atoms with Crippen LogP contribution < -0.4 is 11.1 Å². The van der Waals surface area contributed by atoms with Crippen molar-refractivity contribution in [2.45, 2.75) is 18.9 Å². The second-order valence-corrected chi connectivity index (χ2v) is 4.56. The molecule has 0 aliphatic rings. The predicted octanol–water partition coefficient (Wildman–Crippen LogP) is 1.31. The van der Waals surface area contributed by atoms with E-state index in [2.05, 4.69) is 10.3 Å². The van der Waals surface area contributed by atoms with E-state index in [4.69, 9.17) is 34.0 Å². The maximum Gasteiger partial charge on any atom is 0.326 e. The van der Waals surface area contributed by atoms with Crippen LogP contribution in [0.2, 0.25) is 10.2 Å². The number of nitrogens with two attached hydrogens (primary N) is 1. The zero-order chi connectivity index (χ0) is 14.4. The molecule has 1 amide bonds. The summed E-state index contributed by atoms with van der Waals surface area (Å²) >= 11 is 11.4. The van der Waals surface area contributed by atoms with Crippen LogP contribution in [0.1, 0.15) is 23.2 Å². The molecule has 0 spiro atoms. The van der Waals surface area contributed by atoms with Crippen molar-refractivity contribution in [1.29, 1.82) is 0 Å². The molecule has 0 aromatic carbocycles. The molecule has 0 unspecified atom stereocenters. The van der Waals surface area contributed by atoms with Crippen LogP contribution >= 0.6 is 23.2 Å². The van der Waals surface area contributed by atoms with Gasteiger partial charge in [-0.3, -0.25) is 4.79 Å². The summed E-state index contributed by atoms with van der Waals surface area (Å²) in [6.45, 7) is 0.355. The number of amides is 1. The second-order valence-electron chi connectivity index (χ2n) is 3.79. The van der Waals surface area contributed by atoms with E-state index in [1.807, 2.05) is 0 Å². The third-order valence-electron chi connectivity index (χ3n) is 2.36. The molecule has 1 aromatic rings. The Morgan fingerprint density at radius 2 is 2.16 bits per heavy atom. The van der Waals surface area contributed by atoms with Crippen molar-refractivity contribution in [2.24, 2.45) is 5.73 Å². The zero-order valence-corrected chi connectivity index (χ0v) is 11.4. The lowest BCUT2D eigenvalue weighted by molar-refractivity contribution is -0.139. The lowest BCUT2D eigenvalue weighted by atomic mass is 10.1. The Morgan fingerprint density at radius 1 is 1.47 bits per heavy atom. The Hall–Kier alpha value is -1.37. The molecule has 19 heavy (non-hydrogen) atoms. The predicted molar refractivity (Wildman–Crippen MR) is 71.4 cm³/mol. The quantitative estimate of drug-likeness (QED) is 0.687. The highest BCUT2D eigenvalue weighted by Gasteiger charge is 2.20. The van der Waals surface area contributed by atoms with Crippen molar-refractivity contribution in [3.63, 3.8) is 0 Å². The summed E-state index contributed by atoms with van der Waals surface area (Å²) < 4.78 is 0. The molecular formula is C11H13Cl2N3O3. The molecule has 0 aliphatic carbocycles. The molecule has 1 rings (SSSR count). The van der Waals surface area contributed by atoms with E-state index < -0.39 is 17.9 Å². The number of carboxylic acids is 1. The van der Waals surface area contributed by atoms with Gasteiger partial charge in [-0.05, 0) is 25.5 Å². The van der Waals surface area contributed by atoms with Crippen molar-refractivity contribution in [1.82, 2.24) is 10.3 Å². The smallest absolute Gasteiger partial charge is 0.326 e. The number of aromatic nitrogens is 1. The minimum absolute atomic E-state index is 0.0798. The maximum atomic E-state index is 11.8. The molecular weight excluding hydrogens is 293 g/mol. The molecule has 0 saturated heterocycles. The van der Waals surface area contributed by atoms with Crippen molar-refractivity contribution in [3.8, 4) is 0 Å². The average molecular weight is 306 g/mol. The number of nitrogens with one attached hydrogen (secondary N) is 1. The van der Waals surface area contributed by atoms with Crippen molar-refractivity contribution in [2.75, 3.05) is 6.54 Å². The van der Waals surface area contributed by atoms with Gasteiger partial charge in [-0.1, -0.05) is 23.2 Å². The standard InChI is InChI=1S/C11H13Cl2N3O3/c12-7-4-6(5-15-9(7)13)10(17)16-8(11(18)19)2-1-3-14/h4-5,8H,1-3,14H2,(H,16,17)(H,18,19)/t8-/m0/s1. The largest absolute Gasteiger partial charge is 0.480 e. The van der Waals surface area contributed by atoms with Crippen LogP contribution in [0.25, 0.3) is 0 Å². The van der Waals surface area contributed by atoms with Gasteiger partial charge in [0, 0.05) is 6.20 Å². The van der Waals surface area contributed by atoms with Gasteiger partial charge in [0.1, 0.15) is 11.2 Å². The van der Waals surface area contributed by atoms with E-state index >= 15 is 0 Å². The zero-order valence-electron chi connectivity index (χ0n) is 9.90. The van der Waals surface area contributed by atoms with E-state index in [0.717, 1.165) is 0 Å². The van der Waals surface area contributed by atoms with Gasteiger partial charge in [-0.25, -0.2) is 9.78 Å². The monoisotopic (exact) mass is 305 g/mol. The first-order valence-electron chi connectivity index (χ1n) is 5.50. The number of carboxylic acid groups (broad SMARTS) is 1. The normalized spacial score (nSPS) is 11.9. The highest BCUT2D eigenvalue weighted by atomic mass is 35.5. The van der Waals surface area contributed by atoms with E-state index in [-0.39, 0.29) is 22.2 Å². The number of hydrogen-bond donors (Lipinski definition) is 3. The fourth-order valence-electron chi connectivity index (χ4n) is 1.37. The second kappa shape index (κ2) is 7.28. The summed E-state index contributed by atoms with van der Waals surface area (Å²) in [5, 5.41) is 11.6. The van der Waals surface area contributed by atoms with Gasteiger partial charge in [0.25, 0.3) is 5.91 Å². The van der Waals surface area contributed by atoms with E-state index in [1.54, 1.807) is 0 Å². The van der Waals surface area contributed by atoms with Crippen LogP contribution in [-0.2, 0) is 4.79 Å². The fraction of sp³-hybridized carbons (Fsp3) is 0.364. The first-order valence-corrected chi connectivity index (χ1v) is 6.26. The molecule has 8 heteroatoms. The third kappa shape index (κ3) is 4.66. The summed E-state index contributed by atoms with van der Waals surface area (Å²) in [5.74, 6) is -1.69. The topological polar surface area (TPSA) is 105 Å². The summed E-state index contributed by atoms with van der Waals surface area (Å²) in [6.07, 6.45) is 1.98. The van der Waals surface area contributed by atoms with Crippen molar-refractivity contribution >= 4 is 35.1 Å². The Bertz CT molecular complexity index is 482. The number of carbonyl (C=O) groups is 2. The van der Waals surface area contributed by atoms with Gasteiger partial charge < -0.3 is 16.2 Å². The Morgan fingerprint density at radius 3 is 2.68 bits per heavy atom. The first-order chi connectivity index (χ1) is 8.95. The molecule has 0 saturated carbocycles. The lowest BCUT2D eigenvalue weighted by Gasteiger charge is -2.14. The van der Waals surface area contributed by atoms with Crippen LogP contribution in [0.3, 0.4) is 0 Å². The van der Waals surface area contributed by atoms with E-state index in [0.29, 0.717) is 13.0 Å². The molecule has 1 aromatic heterocycles. The van der Waals surface area contributed by atoms with Crippen molar-refractivity contribution in [3.05, 3.63) is 28.0 Å². The SMILES string of the molecule is NCCC[C@H](NC(=O)c1cnc(Cl)c(Cl)c1)C(=O)O. The maximum absolute atomic E-state index is 11.8. The Balaban J connectivity index is 2.75. The highest BCUT2D eigenvalue weighted by Crippen LogP contribution is 2.19. The minimum atomic E-state index is -1.12. The van der Waals surface area contributed by atoms with Crippen LogP contribution in [-0.4, -0.2) is 34.6 Å². The summed E-state index contributed by atoms with van der Waals surface area (Å²) in [6, 6.07) is 0.333.